The van der Waals surface area contributed by atoms with Crippen molar-refractivity contribution in [3.05, 3.63) is 81.9 Å². The summed E-state index contributed by atoms with van der Waals surface area (Å²) in [5.41, 5.74) is 5.66. The number of aromatic nitrogens is 2. The molecule has 1 fully saturated rings. The SMILES string of the molecule is O=C(NN1CCCCC1)c1nn(-c2ccc(Cl)cc2)c2c1CS(=O)(=O)CC2=Cc1ccc(F)cc1. The van der Waals surface area contributed by atoms with Gasteiger partial charge in [0.25, 0.3) is 5.91 Å². The summed E-state index contributed by atoms with van der Waals surface area (Å²) in [6.45, 7) is 1.47. The van der Waals surface area contributed by atoms with Crippen molar-refractivity contribution in [2.45, 2.75) is 25.0 Å². The third kappa shape index (κ3) is 5.17. The van der Waals surface area contributed by atoms with Gasteiger partial charge >= 0.3 is 0 Å². The molecule has 0 atom stereocenters. The Hall–Kier alpha value is -3.01. The quantitative estimate of drug-likeness (QED) is 0.562. The standard InChI is InChI=1S/C25H24ClFN4O3S/c26-19-6-10-21(11-7-19)31-24-18(14-17-4-8-20(27)9-5-17)15-35(33,34)16-22(24)23(28-31)25(32)29-30-12-2-1-3-13-30/h4-11,14H,1-3,12-13,15-16H2,(H,29,32). The van der Waals surface area contributed by atoms with E-state index >= 15 is 0 Å². The Kier molecular flexibility index (Phi) is 6.48. The molecule has 1 aromatic heterocycles. The third-order valence-electron chi connectivity index (χ3n) is 6.14. The van der Waals surface area contributed by atoms with Gasteiger partial charge in [0.05, 0.1) is 22.9 Å². The number of fused-ring (bicyclic) bond motifs is 1. The van der Waals surface area contributed by atoms with Gasteiger partial charge in [0.1, 0.15) is 5.82 Å². The van der Waals surface area contributed by atoms with Gasteiger partial charge in [-0.25, -0.2) is 22.5 Å². The summed E-state index contributed by atoms with van der Waals surface area (Å²) in [7, 11) is -3.55. The highest BCUT2D eigenvalue weighted by Crippen LogP contribution is 2.35. The van der Waals surface area contributed by atoms with E-state index in [1.807, 2.05) is 5.01 Å². The predicted molar refractivity (Wildman–Crippen MR) is 133 cm³/mol. The van der Waals surface area contributed by atoms with E-state index in [2.05, 4.69) is 10.5 Å². The van der Waals surface area contributed by atoms with Gasteiger partial charge < -0.3 is 0 Å². The van der Waals surface area contributed by atoms with Crippen LogP contribution in [0.2, 0.25) is 5.02 Å². The number of hydrogen-bond acceptors (Lipinski definition) is 5. The average Bonchev–Trinajstić information content (AvgIpc) is 3.20. The van der Waals surface area contributed by atoms with Crippen molar-refractivity contribution in [2.24, 2.45) is 0 Å². The van der Waals surface area contributed by atoms with Crippen molar-refractivity contribution in [3.8, 4) is 5.69 Å². The number of piperidine rings is 1. The fourth-order valence-electron chi connectivity index (χ4n) is 4.52. The molecular weight excluding hydrogens is 491 g/mol. The molecule has 0 unspecified atom stereocenters. The van der Waals surface area contributed by atoms with Gasteiger partial charge in [-0.15, -0.1) is 0 Å². The van der Waals surface area contributed by atoms with Gasteiger partial charge in [-0.05, 0) is 66.5 Å². The molecule has 0 spiro atoms. The molecule has 2 aromatic carbocycles. The number of nitrogens with zero attached hydrogens (tertiary/aromatic N) is 3. The minimum absolute atomic E-state index is 0.0776. The van der Waals surface area contributed by atoms with E-state index in [-0.39, 0.29) is 23.0 Å². The molecule has 182 valence electrons. The summed E-state index contributed by atoms with van der Waals surface area (Å²) >= 11 is 6.07. The lowest BCUT2D eigenvalue weighted by Crippen LogP contribution is -2.45. The van der Waals surface area contributed by atoms with Crippen molar-refractivity contribution in [1.29, 1.82) is 0 Å². The number of hydrazine groups is 1. The third-order valence-corrected chi connectivity index (χ3v) is 7.87. The van der Waals surface area contributed by atoms with Crippen LogP contribution in [0.15, 0.2) is 48.5 Å². The van der Waals surface area contributed by atoms with Crippen LogP contribution in [0.25, 0.3) is 17.3 Å². The summed E-state index contributed by atoms with van der Waals surface area (Å²) in [6, 6.07) is 12.7. The van der Waals surface area contributed by atoms with E-state index in [1.54, 1.807) is 47.2 Å². The Morgan fingerprint density at radius 3 is 2.37 bits per heavy atom. The van der Waals surface area contributed by atoms with Gasteiger partial charge in [0.15, 0.2) is 15.5 Å². The first-order valence-corrected chi connectivity index (χ1v) is 13.6. The predicted octanol–water partition coefficient (Wildman–Crippen LogP) is 4.26. The van der Waals surface area contributed by atoms with Gasteiger partial charge in [0.2, 0.25) is 0 Å². The highest BCUT2D eigenvalue weighted by molar-refractivity contribution is 7.91. The Morgan fingerprint density at radius 1 is 1.00 bits per heavy atom. The van der Waals surface area contributed by atoms with Crippen LogP contribution in [-0.4, -0.2) is 48.0 Å². The van der Waals surface area contributed by atoms with E-state index in [4.69, 9.17) is 11.6 Å². The fraction of sp³-hybridized carbons (Fsp3) is 0.280. The number of amides is 1. The first kappa shape index (κ1) is 23.7. The molecule has 3 aromatic rings. The summed E-state index contributed by atoms with van der Waals surface area (Å²) < 4.78 is 40.9. The van der Waals surface area contributed by atoms with E-state index in [1.165, 1.54) is 12.1 Å². The summed E-state index contributed by atoms with van der Waals surface area (Å²) in [4.78, 5) is 13.3. The number of sulfone groups is 1. The largest absolute Gasteiger partial charge is 0.286 e. The molecule has 10 heteroatoms. The Balaban J connectivity index is 1.65. The van der Waals surface area contributed by atoms with Crippen LogP contribution >= 0.6 is 11.6 Å². The van der Waals surface area contributed by atoms with Crippen molar-refractivity contribution in [1.82, 2.24) is 20.2 Å². The molecule has 2 aliphatic heterocycles. The van der Waals surface area contributed by atoms with Gasteiger partial charge in [0, 0.05) is 23.7 Å². The zero-order chi connectivity index (χ0) is 24.6. The summed E-state index contributed by atoms with van der Waals surface area (Å²) in [5, 5.41) is 7.00. The van der Waals surface area contributed by atoms with Crippen LogP contribution in [0.1, 0.15) is 46.6 Å². The van der Waals surface area contributed by atoms with Crippen molar-refractivity contribution >= 4 is 39.0 Å². The molecule has 1 saturated heterocycles. The first-order chi connectivity index (χ1) is 16.8. The Labute approximate surface area is 208 Å². The van der Waals surface area contributed by atoms with Gasteiger partial charge in [-0.2, -0.15) is 5.10 Å². The molecule has 35 heavy (non-hydrogen) atoms. The zero-order valence-electron chi connectivity index (χ0n) is 18.9. The molecule has 0 aliphatic carbocycles. The van der Waals surface area contributed by atoms with Gasteiger partial charge in [-0.3, -0.25) is 10.2 Å². The van der Waals surface area contributed by atoms with Crippen LogP contribution in [0.3, 0.4) is 0 Å². The second-order valence-electron chi connectivity index (χ2n) is 8.81. The molecule has 0 saturated carbocycles. The molecule has 2 aliphatic rings. The number of benzene rings is 2. The number of carbonyl (C=O) groups is 1. The lowest BCUT2D eigenvalue weighted by Gasteiger charge is -2.26. The van der Waals surface area contributed by atoms with E-state index < -0.39 is 15.7 Å². The first-order valence-electron chi connectivity index (χ1n) is 11.4. The second-order valence-corrected chi connectivity index (χ2v) is 11.3. The molecule has 3 heterocycles. The molecule has 7 nitrogen and oxygen atoms in total. The van der Waals surface area contributed by atoms with Crippen molar-refractivity contribution in [3.63, 3.8) is 0 Å². The molecule has 0 bridgehead atoms. The number of nitrogens with one attached hydrogen (secondary N) is 1. The molecule has 0 radical (unpaired) electrons. The lowest BCUT2D eigenvalue weighted by molar-refractivity contribution is 0.0743. The van der Waals surface area contributed by atoms with Crippen LogP contribution in [0.5, 0.6) is 0 Å². The molecule has 1 amide bonds. The van der Waals surface area contributed by atoms with Crippen LogP contribution in [0, 0.1) is 5.82 Å². The average molecular weight is 515 g/mol. The number of carbonyl (C=O) groups excluding carboxylic acids is 1. The maximum Gasteiger partial charge on any atom is 0.286 e. The minimum atomic E-state index is -3.55. The van der Waals surface area contributed by atoms with Crippen LogP contribution in [0.4, 0.5) is 4.39 Å². The van der Waals surface area contributed by atoms with Crippen molar-refractivity contribution < 1.29 is 17.6 Å². The minimum Gasteiger partial charge on any atom is -0.283 e. The summed E-state index contributed by atoms with van der Waals surface area (Å²) in [6.07, 6.45) is 4.78. The molecule has 5 rings (SSSR count). The Morgan fingerprint density at radius 2 is 1.69 bits per heavy atom. The van der Waals surface area contributed by atoms with E-state index in [0.717, 1.165) is 32.4 Å². The lowest BCUT2D eigenvalue weighted by atomic mass is 10.0. The van der Waals surface area contributed by atoms with Crippen LogP contribution < -0.4 is 5.43 Å². The second kappa shape index (κ2) is 9.56. The fourth-order valence-corrected chi connectivity index (χ4v) is 6.15. The summed E-state index contributed by atoms with van der Waals surface area (Å²) in [5.74, 6) is -1.33. The van der Waals surface area contributed by atoms with Crippen LogP contribution in [-0.2, 0) is 15.6 Å². The molecular formula is C25H24ClFN4O3S. The highest BCUT2D eigenvalue weighted by atomic mass is 35.5. The normalized spacial score (nSPS) is 18.9. The van der Waals surface area contributed by atoms with E-state index in [0.29, 0.717) is 33.1 Å². The maximum absolute atomic E-state index is 13.4. The topological polar surface area (TPSA) is 84.3 Å². The number of hydrogen-bond donors (Lipinski definition) is 1. The van der Waals surface area contributed by atoms with Gasteiger partial charge in [-0.1, -0.05) is 30.2 Å². The number of halogens is 2. The smallest absolute Gasteiger partial charge is 0.283 e. The molecule has 1 N–H and O–H groups in total. The zero-order valence-corrected chi connectivity index (χ0v) is 20.4. The monoisotopic (exact) mass is 514 g/mol. The maximum atomic E-state index is 13.4. The highest BCUT2D eigenvalue weighted by Gasteiger charge is 2.35. The van der Waals surface area contributed by atoms with E-state index in [9.17, 15) is 17.6 Å². The number of rotatable bonds is 4. The Bertz CT molecular complexity index is 1390. The van der Waals surface area contributed by atoms with Crippen molar-refractivity contribution in [2.75, 3.05) is 18.8 Å².